The van der Waals surface area contributed by atoms with Crippen molar-refractivity contribution >= 4 is 28.3 Å². The van der Waals surface area contributed by atoms with Gasteiger partial charge in [-0.05, 0) is 13.8 Å². The van der Waals surface area contributed by atoms with Crippen LogP contribution in [-0.4, -0.2) is 27.1 Å². The second-order valence-corrected chi connectivity index (χ2v) is 5.01. The van der Waals surface area contributed by atoms with Crippen molar-refractivity contribution in [2.75, 3.05) is 6.54 Å². The van der Waals surface area contributed by atoms with E-state index in [-0.39, 0.29) is 0 Å². The molecule has 1 atom stereocenters. The van der Waals surface area contributed by atoms with Crippen LogP contribution in [0.15, 0.2) is 0 Å². The van der Waals surface area contributed by atoms with Crippen molar-refractivity contribution < 1.29 is 0 Å². The summed E-state index contributed by atoms with van der Waals surface area (Å²) in [6, 6.07) is 0.574. The quantitative estimate of drug-likeness (QED) is 0.562. The second-order valence-electron chi connectivity index (χ2n) is 2.94. The fourth-order valence-corrected chi connectivity index (χ4v) is 2.83. The highest BCUT2D eigenvalue weighted by Crippen LogP contribution is 2.26. The highest BCUT2D eigenvalue weighted by molar-refractivity contribution is 8.23. The molecular weight excluding hydrogens is 162 g/mol. The van der Waals surface area contributed by atoms with Gasteiger partial charge in [-0.2, -0.15) is 0 Å². The molecule has 0 amide bonds. The molecule has 58 valence electrons. The van der Waals surface area contributed by atoms with E-state index in [9.17, 15) is 0 Å². The maximum Gasteiger partial charge on any atom is 0.136 e. The van der Waals surface area contributed by atoms with Crippen LogP contribution in [0, 0.1) is 0 Å². The minimum atomic E-state index is 0.574. The Kier molecular flexibility index (Phi) is 2.58. The molecule has 0 saturated carbocycles. The summed E-state index contributed by atoms with van der Waals surface area (Å²) < 4.78 is 1.07. The van der Waals surface area contributed by atoms with Crippen LogP contribution in [0.1, 0.15) is 20.8 Å². The Morgan fingerprint density at radius 3 is 2.50 bits per heavy atom. The van der Waals surface area contributed by atoms with Crippen molar-refractivity contribution in [3.63, 3.8) is 0 Å². The number of rotatable bonds is 1. The van der Waals surface area contributed by atoms with Gasteiger partial charge in [0, 0.05) is 17.8 Å². The van der Waals surface area contributed by atoms with E-state index in [0.717, 1.165) is 10.9 Å². The van der Waals surface area contributed by atoms with E-state index in [4.69, 9.17) is 12.2 Å². The molecule has 1 heterocycles. The summed E-state index contributed by atoms with van der Waals surface area (Å²) in [5, 5.41) is 0.690. The number of thioether (sulfide) groups is 1. The van der Waals surface area contributed by atoms with Gasteiger partial charge in [-0.25, -0.2) is 0 Å². The lowest BCUT2D eigenvalue weighted by Crippen LogP contribution is -2.31. The molecule has 0 aromatic heterocycles. The Bertz CT molecular complexity index is 145. The van der Waals surface area contributed by atoms with Crippen LogP contribution in [-0.2, 0) is 0 Å². The van der Waals surface area contributed by atoms with E-state index in [2.05, 4.69) is 25.7 Å². The lowest BCUT2D eigenvalue weighted by atomic mass is 10.3. The largest absolute Gasteiger partial charge is 0.354 e. The third-order valence-electron chi connectivity index (χ3n) is 1.61. The molecule has 3 heteroatoms. The molecule has 1 fully saturated rings. The first-order valence-corrected chi connectivity index (χ1v) is 4.87. The lowest BCUT2D eigenvalue weighted by molar-refractivity contribution is 0.375. The Balaban J connectivity index is 2.55. The Labute approximate surface area is 72.2 Å². The number of hydrogen-bond acceptors (Lipinski definition) is 2. The first-order valence-electron chi connectivity index (χ1n) is 3.58. The van der Waals surface area contributed by atoms with Crippen LogP contribution >= 0.6 is 24.0 Å². The molecule has 0 aliphatic carbocycles. The summed E-state index contributed by atoms with van der Waals surface area (Å²) in [5.74, 6) is 0. The molecule has 10 heavy (non-hydrogen) atoms. The minimum absolute atomic E-state index is 0.574. The van der Waals surface area contributed by atoms with Gasteiger partial charge in [0.05, 0.1) is 0 Å². The van der Waals surface area contributed by atoms with Crippen LogP contribution in [0.5, 0.6) is 0 Å². The monoisotopic (exact) mass is 175 g/mol. The average molecular weight is 175 g/mol. The zero-order chi connectivity index (χ0) is 7.72. The lowest BCUT2D eigenvalue weighted by Gasteiger charge is -2.21. The normalized spacial score (nSPS) is 26.6. The van der Waals surface area contributed by atoms with Crippen molar-refractivity contribution in [2.24, 2.45) is 0 Å². The van der Waals surface area contributed by atoms with E-state index in [1.165, 1.54) is 0 Å². The molecule has 0 aromatic rings. The third-order valence-corrected chi connectivity index (χ3v) is 3.12. The Morgan fingerprint density at radius 1 is 1.70 bits per heavy atom. The molecule has 0 spiro atoms. The molecule has 0 bridgehead atoms. The van der Waals surface area contributed by atoms with Crippen molar-refractivity contribution in [3.05, 3.63) is 0 Å². The van der Waals surface area contributed by atoms with Crippen molar-refractivity contribution in [2.45, 2.75) is 32.1 Å². The smallest absolute Gasteiger partial charge is 0.136 e. The van der Waals surface area contributed by atoms with Crippen LogP contribution in [0.4, 0.5) is 0 Å². The van der Waals surface area contributed by atoms with Crippen molar-refractivity contribution in [1.29, 1.82) is 0 Å². The topological polar surface area (TPSA) is 3.24 Å². The molecule has 0 radical (unpaired) electrons. The predicted molar refractivity (Wildman–Crippen MR) is 51.5 cm³/mol. The van der Waals surface area contributed by atoms with Gasteiger partial charge < -0.3 is 4.90 Å². The van der Waals surface area contributed by atoms with Gasteiger partial charge in [-0.3, -0.25) is 0 Å². The van der Waals surface area contributed by atoms with Gasteiger partial charge in [0.1, 0.15) is 4.32 Å². The van der Waals surface area contributed by atoms with Crippen molar-refractivity contribution in [1.82, 2.24) is 4.90 Å². The highest BCUT2D eigenvalue weighted by Gasteiger charge is 2.25. The molecule has 0 N–H and O–H groups in total. The first-order chi connectivity index (χ1) is 4.61. The summed E-state index contributed by atoms with van der Waals surface area (Å²) in [6.45, 7) is 7.72. The van der Waals surface area contributed by atoms with Crippen molar-refractivity contribution in [3.8, 4) is 0 Å². The van der Waals surface area contributed by atoms with E-state index in [1.807, 2.05) is 11.8 Å². The van der Waals surface area contributed by atoms with E-state index >= 15 is 0 Å². The van der Waals surface area contributed by atoms with Crippen LogP contribution in [0.3, 0.4) is 0 Å². The molecule has 1 aliphatic heterocycles. The average Bonchev–Trinajstić information content (AvgIpc) is 2.10. The summed E-state index contributed by atoms with van der Waals surface area (Å²) in [4.78, 5) is 2.28. The van der Waals surface area contributed by atoms with Crippen LogP contribution in [0.25, 0.3) is 0 Å². The molecule has 0 aromatic carbocycles. The molecular formula is C7H13NS2. The van der Waals surface area contributed by atoms with E-state index in [0.29, 0.717) is 11.3 Å². The van der Waals surface area contributed by atoms with Gasteiger partial charge in [0.25, 0.3) is 0 Å². The van der Waals surface area contributed by atoms with E-state index < -0.39 is 0 Å². The molecule has 1 saturated heterocycles. The molecule has 1 rings (SSSR count). The minimum Gasteiger partial charge on any atom is -0.354 e. The first kappa shape index (κ1) is 8.34. The van der Waals surface area contributed by atoms with Gasteiger partial charge in [-0.1, -0.05) is 30.9 Å². The maximum atomic E-state index is 5.18. The summed E-state index contributed by atoms with van der Waals surface area (Å²) in [6.07, 6.45) is 0. The summed E-state index contributed by atoms with van der Waals surface area (Å²) in [7, 11) is 0. The molecule has 1 aliphatic rings. The standard InChI is InChI=1S/C7H13NS2/c1-5(2)8-4-6(3)10-7(8)9/h5-6H,4H2,1-3H3. The number of thiocarbonyl (C=S) groups is 1. The SMILES string of the molecule is CC1CN(C(C)C)C(=S)S1. The highest BCUT2D eigenvalue weighted by atomic mass is 32.2. The fraction of sp³-hybridized carbons (Fsp3) is 0.857. The second kappa shape index (κ2) is 3.09. The van der Waals surface area contributed by atoms with Crippen LogP contribution in [0.2, 0.25) is 0 Å². The number of hydrogen-bond donors (Lipinski definition) is 0. The van der Waals surface area contributed by atoms with Gasteiger partial charge in [0.15, 0.2) is 0 Å². The van der Waals surface area contributed by atoms with E-state index in [1.54, 1.807) is 0 Å². The van der Waals surface area contributed by atoms with Gasteiger partial charge in [0.2, 0.25) is 0 Å². The third kappa shape index (κ3) is 1.64. The number of nitrogens with zero attached hydrogens (tertiary/aromatic N) is 1. The zero-order valence-electron chi connectivity index (χ0n) is 6.63. The fourth-order valence-electron chi connectivity index (χ4n) is 1.05. The Hall–Kier alpha value is 0.240. The molecule has 1 nitrogen and oxygen atoms in total. The maximum absolute atomic E-state index is 5.18. The Morgan fingerprint density at radius 2 is 2.30 bits per heavy atom. The zero-order valence-corrected chi connectivity index (χ0v) is 8.26. The van der Waals surface area contributed by atoms with Gasteiger partial charge in [-0.15, -0.1) is 0 Å². The predicted octanol–water partition coefficient (Wildman–Crippen LogP) is 2.12. The summed E-state index contributed by atoms with van der Waals surface area (Å²) >= 11 is 7.00. The van der Waals surface area contributed by atoms with Crippen LogP contribution < -0.4 is 0 Å². The van der Waals surface area contributed by atoms with Gasteiger partial charge >= 0.3 is 0 Å². The molecule has 1 unspecified atom stereocenters. The summed E-state index contributed by atoms with van der Waals surface area (Å²) in [5.41, 5.74) is 0.